The number of aromatic nitrogens is 3. The van der Waals surface area contributed by atoms with Crippen LogP contribution < -0.4 is 10.5 Å². The van der Waals surface area contributed by atoms with Gasteiger partial charge in [-0.2, -0.15) is 4.98 Å². The first kappa shape index (κ1) is 10.9. The van der Waals surface area contributed by atoms with E-state index in [9.17, 15) is 0 Å². The van der Waals surface area contributed by atoms with Crippen molar-refractivity contribution in [3.05, 3.63) is 34.6 Å². The van der Waals surface area contributed by atoms with Crippen LogP contribution in [0.2, 0.25) is 0 Å². The Kier molecular flexibility index (Phi) is 3.09. The van der Waals surface area contributed by atoms with Crippen molar-refractivity contribution in [3.63, 3.8) is 0 Å². The molecule has 0 fully saturated rings. The quantitative estimate of drug-likeness (QED) is 0.930. The summed E-state index contributed by atoms with van der Waals surface area (Å²) in [6, 6.07) is 7.76. The van der Waals surface area contributed by atoms with Gasteiger partial charge in [0, 0.05) is 0 Å². The number of halogens is 1. The van der Waals surface area contributed by atoms with E-state index in [-0.39, 0.29) is 5.95 Å². The summed E-state index contributed by atoms with van der Waals surface area (Å²) in [6.07, 6.45) is 0. The van der Waals surface area contributed by atoms with Crippen molar-refractivity contribution in [1.82, 2.24) is 14.8 Å². The fourth-order valence-electron chi connectivity index (χ4n) is 1.34. The van der Waals surface area contributed by atoms with E-state index in [1.807, 2.05) is 24.3 Å². The molecule has 2 N–H and O–H groups in total. The molecule has 0 saturated carbocycles. The molecule has 0 spiro atoms. The summed E-state index contributed by atoms with van der Waals surface area (Å²) >= 11 is 3.29. The number of nitrogen functional groups attached to an aromatic ring is 1. The second-order valence-electron chi connectivity index (χ2n) is 3.24. The second kappa shape index (κ2) is 4.52. The van der Waals surface area contributed by atoms with Gasteiger partial charge in [0.25, 0.3) is 0 Å². The predicted molar refractivity (Wildman–Crippen MR) is 64.2 cm³/mol. The van der Waals surface area contributed by atoms with Gasteiger partial charge in [-0.1, -0.05) is 12.1 Å². The van der Waals surface area contributed by atoms with E-state index in [0.717, 1.165) is 11.3 Å². The molecule has 0 bridgehead atoms. The number of nitrogens with two attached hydrogens (primary N) is 1. The maximum absolute atomic E-state index is 5.49. The molecule has 0 unspecified atom stereocenters. The number of benzene rings is 1. The highest BCUT2D eigenvalue weighted by molar-refractivity contribution is 9.10. The van der Waals surface area contributed by atoms with Crippen LogP contribution in [0.3, 0.4) is 0 Å². The molecule has 2 rings (SSSR count). The molecule has 0 amide bonds. The predicted octanol–water partition coefficient (Wildman–Crippen LogP) is 1.68. The Morgan fingerprint density at radius 3 is 2.56 bits per heavy atom. The van der Waals surface area contributed by atoms with Crippen molar-refractivity contribution in [1.29, 1.82) is 0 Å². The highest BCUT2D eigenvalue weighted by Gasteiger charge is 2.05. The van der Waals surface area contributed by atoms with Crippen LogP contribution in [0.4, 0.5) is 5.95 Å². The van der Waals surface area contributed by atoms with Gasteiger partial charge in [0.15, 0.2) is 4.73 Å². The average molecular weight is 283 g/mol. The SMILES string of the molecule is COc1ccc(Cn2nc(N)nc2Br)cc1. The van der Waals surface area contributed by atoms with Gasteiger partial charge >= 0.3 is 0 Å². The van der Waals surface area contributed by atoms with E-state index in [1.165, 1.54) is 0 Å². The molecule has 0 aliphatic carbocycles. The molecule has 1 aromatic heterocycles. The minimum Gasteiger partial charge on any atom is -0.497 e. The molecule has 6 heteroatoms. The molecule has 2 aromatic rings. The van der Waals surface area contributed by atoms with Gasteiger partial charge < -0.3 is 10.5 Å². The Bertz CT molecular complexity index is 480. The van der Waals surface area contributed by atoms with Crippen molar-refractivity contribution in [2.45, 2.75) is 6.54 Å². The topological polar surface area (TPSA) is 66.0 Å². The third-order valence-electron chi connectivity index (χ3n) is 2.13. The highest BCUT2D eigenvalue weighted by atomic mass is 79.9. The Morgan fingerprint density at radius 1 is 1.38 bits per heavy atom. The molecule has 0 aliphatic heterocycles. The summed E-state index contributed by atoms with van der Waals surface area (Å²) in [5.74, 6) is 1.10. The molecule has 0 radical (unpaired) electrons. The van der Waals surface area contributed by atoms with E-state index in [2.05, 4.69) is 26.0 Å². The molecule has 5 nitrogen and oxygen atoms in total. The van der Waals surface area contributed by atoms with Crippen LogP contribution in [0, 0.1) is 0 Å². The molecule has 16 heavy (non-hydrogen) atoms. The van der Waals surface area contributed by atoms with E-state index in [4.69, 9.17) is 10.5 Å². The molecule has 84 valence electrons. The lowest BCUT2D eigenvalue weighted by Gasteiger charge is -2.04. The van der Waals surface area contributed by atoms with E-state index < -0.39 is 0 Å². The molecular weight excluding hydrogens is 272 g/mol. The lowest BCUT2D eigenvalue weighted by molar-refractivity contribution is 0.414. The Balaban J connectivity index is 2.17. The largest absolute Gasteiger partial charge is 0.497 e. The minimum atomic E-state index is 0.264. The van der Waals surface area contributed by atoms with Gasteiger partial charge in [0.1, 0.15) is 5.75 Å². The maximum Gasteiger partial charge on any atom is 0.240 e. The number of hydrogen-bond donors (Lipinski definition) is 1. The summed E-state index contributed by atoms with van der Waals surface area (Å²) in [7, 11) is 1.64. The Labute approximate surface area is 101 Å². The number of nitrogens with zero attached hydrogens (tertiary/aromatic N) is 3. The standard InChI is InChI=1S/C10H11BrN4O/c1-16-8-4-2-7(3-5-8)6-15-9(11)13-10(12)14-15/h2-5H,6H2,1H3,(H2,12,14). The third-order valence-corrected chi connectivity index (χ3v) is 2.72. The van der Waals surface area contributed by atoms with Crippen molar-refractivity contribution in [3.8, 4) is 5.75 Å². The van der Waals surface area contributed by atoms with Gasteiger partial charge in [-0.25, -0.2) is 4.68 Å². The fraction of sp³-hybridized carbons (Fsp3) is 0.200. The zero-order chi connectivity index (χ0) is 11.5. The smallest absolute Gasteiger partial charge is 0.240 e. The van der Waals surface area contributed by atoms with Crippen LogP contribution in [-0.2, 0) is 6.54 Å². The van der Waals surface area contributed by atoms with Crippen LogP contribution in [0.1, 0.15) is 5.56 Å². The molecular formula is C10H11BrN4O. The first-order valence-corrected chi connectivity index (χ1v) is 5.47. The van der Waals surface area contributed by atoms with Crippen molar-refractivity contribution in [2.24, 2.45) is 0 Å². The van der Waals surface area contributed by atoms with Crippen LogP contribution in [-0.4, -0.2) is 21.9 Å². The van der Waals surface area contributed by atoms with Crippen molar-refractivity contribution < 1.29 is 4.74 Å². The van der Waals surface area contributed by atoms with E-state index in [1.54, 1.807) is 11.8 Å². The number of ether oxygens (including phenoxy) is 1. The number of rotatable bonds is 3. The zero-order valence-electron chi connectivity index (χ0n) is 8.72. The van der Waals surface area contributed by atoms with Crippen LogP contribution in [0.15, 0.2) is 29.0 Å². The summed E-state index contributed by atoms with van der Waals surface area (Å²) < 4.78 is 7.40. The highest BCUT2D eigenvalue weighted by Crippen LogP contribution is 2.14. The van der Waals surface area contributed by atoms with Crippen molar-refractivity contribution >= 4 is 21.9 Å². The van der Waals surface area contributed by atoms with Gasteiger partial charge in [-0.3, -0.25) is 0 Å². The van der Waals surface area contributed by atoms with Crippen LogP contribution in [0.5, 0.6) is 5.75 Å². The van der Waals surface area contributed by atoms with E-state index in [0.29, 0.717) is 11.3 Å². The van der Waals surface area contributed by atoms with E-state index >= 15 is 0 Å². The number of methoxy groups -OCH3 is 1. The average Bonchev–Trinajstić information content (AvgIpc) is 2.59. The number of hydrogen-bond acceptors (Lipinski definition) is 4. The Morgan fingerprint density at radius 2 is 2.06 bits per heavy atom. The summed E-state index contributed by atoms with van der Waals surface area (Å²) in [5, 5.41) is 4.05. The normalized spacial score (nSPS) is 10.4. The summed E-state index contributed by atoms with van der Waals surface area (Å²) in [5.41, 5.74) is 6.59. The van der Waals surface area contributed by atoms with Crippen LogP contribution in [0.25, 0.3) is 0 Å². The van der Waals surface area contributed by atoms with Gasteiger partial charge in [0.2, 0.25) is 5.95 Å². The zero-order valence-corrected chi connectivity index (χ0v) is 10.3. The van der Waals surface area contributed by atoms with Gasteiger partial charge in [-0.15, -0.1) is 5.10 Å². The summed E-state index contributed by atoms with van der Waals surface area (Å²) in [4.78, 5) is 3.96. The third kappa shape index (κ3) is 2.33. The second-order valence-corrected chi connectivity index (χ2v) is 3.95. The maximum atomic E-state index is 5.49. The molecule has 0 atom stereocenters. The van der Waals surface area contributed by atoms with Crippen molar-refractivity contribution in [2.75, 3.05) is 12.8 Å². The summed E-state index contributed by atoms with van der Waals surface area (Å²) in [6.45, 7) is 0.620. The molecule has 0 saturated heterocycles. The molecule has 1 aromatic carbocycles. The molecule has 1 heterocycles. The van der Waals surface area contributed by atoms with Crippen LogP contribution >= 0.6 is 15.9 Å². The first-order chi connectivity index (χ1) is 7.69. The monoisotopic (exact) mass is 282 g/mol. The van der Waals surface area contributed by atoms with Gasteiger partial charge in [0.05, 0.1) is 13.7 Å². The molecule has 0 aliphatic rings. The number of anilines is 1. The van der Waals surface area contributed by atoms with Gasteiger partial charge in [-0.05, 0) is 33.6 Å². The lowest BCUT2D eigenvalue weighted by atomic mass is 10.2. The first-order valence-electron chi connectivity index (χ1n) is 4.68. The minimum absolute atomic E-state index is 0.264. The Hall–Kier alpha value is -1.56. The lowest BCUT2D eigenvalue weighted by Crippen LogP contribution is -2.02. The fourth-order valence-corrected chi connectivity index (χ4v) is 1.73.